The number of fused-ring (bicyclic) bond motifs is 1. The Hall–Kier alpha value is -2.13. The van der Waals surface area contributed by atoms with Crippen LogP contribution in [0.2, 0.25) is 0 Å². The highest BCUT2D eigenvalue weighted by atomic mass is 15.0. The molecule has 1 atom stereocenters. The Morgan fingerprint density at radius 1 is 1.20 bits per heavy atom. The summed E-state index contributed by atoms with van der Waals surface area (Å²) in [5.41, 5.74) is 9.77. The maximum atomic E-state index is 5.97. The van der Waals surface area contributed by atoms with E-state index in [1.807, 2.05) is 19.2 Å². The van der Waals surface area contributed by atoms with Gasteiger partial charge in [0.1, 0.15) is 0 Å². The van der Waals surface area contributed by atoms with Crippen LogP contribution < -0.4 is 5.73 Å². The highest BCUT2D eigenvalue weighted by molar-refractivity contribution is 5.83. The molecule has 2 heterocycles. The van der Waals surface area contributed by atoms with Crippen LogP contribution in [-0.4, -0.2) is 15.6 Å². The van der Waals surface area contributed by atoms with Crippen LogP contribution in [0.3, 0.4) is 0 Å². The van der Waals surface area contributed by atoms with Gasteiger partial charge in [0.15, 0.2) is 0 Å². The van der Waals surface area contributed by atoms with E-state index in [1.54, 1.807) is 6.20 Å². The van der Waals surface area contributed by atoms with Crippen molar-refractivity contribution in [2.24, 2.45) is 5.73 Å². The van der Waals surface area contributed by atoms with Gasteiger partial charge in [-0.3, -0.25) is 4.98 Å². The van der Waals surface area contributed by atoms with Crippen molar-refractivity contribution in [3.05, 3.63) is 66.1 Å². The van der Waals surface area contributed by atoms with Crippen molar-refractivity contribution in [1.82, 2.24) is 9.55 Å². The summed E-state index contributed by atoms with van der Waals surface area (Å²) in [6.07, 6.45) is 6.76. The summed E-state index contributed by atoms with van der Waals surface area (Å²) in [5, 5.41) is 1.27. The fourth-order valence-corrected chi connectivity index (χ4v) is 2.67. The molecule has 1 aromatic carbocycles. The van der Waals surface area contributed by atoms with Crippen LogP contribution in [0.15, 0.2) is 55.0 Å². The van der Waals surface area contributed by atoms with Crippen molar-refractivity contribution < 1.29 is 0 Å². The molecule has 0 bridgehead atoms. The van der Waals surface area contributed by atoms with Gasteiger partial charge in [-0.15, -0.1) is 0 Å². The van der Waals surface area contributed by atoms with Gasteiger partial charge >= 0.3 is 0 Å². The van der Waals surface area contributed by atoms with Gasteiger partial charge in [-0.25, -0.2) is 0 Å². The molecule has 20 heavy (non-hydrogen) atoms. The highest BCUT2D eigenvalue weighted by Gasteiger charge is 2.08. The lowest BCUT2D eigenvalue weighted by Gasteiger charge is -2.11. The fraction of sp³-hybridized carbons (Fsp3) is 0.235. The third-order valence-electron chi connectivity index (χ3n) is 3.49. The standard InChI is InChI=1S/C17H19N3/c1-13(18)10-16-6-2-5-15-7-9-20(17(15)16)12-14-4-3-8-19-11-14/h2-9,11,13H,10,12,18H2,1H3. The summed E-state index contributed by atoms with van der Waals surface area (Å²) in [5.74, 6) is 0. The molecule has 0 saturated heterocycles. The number of nitrogens with two attached hydrogens (primary N) is 1. The van der Waals surface area contributed by atoms with Gasteiger partial charge in [0.25, 0.3) is 0 Å². The third kappa shape index (κ3) is 2.58. The Kier molecular flexibility index (Phi) is 3.52. The summed E-state index contributed by atoms with van der Waals surface area (Å²) < 4.78 is 2.28. The molecule has 2 aromatic heterocycles. The number of pyridine rings is 1. The molecule has 3 heteroatoms. The van der Waals surface area contributed by atoms with Crippen molar-refractivity contribution in [3.8, 4) is 0 Å². The summed E-state index contributed by atoms with van der Waals surface area (Å²) >= 11 is 0. The van der Waals surface area contributed by atoms with Gasteiger partial charge < -0.3 is 10.3 Å². The quantitative estimate of drug-likeness (QED) is 0.788. The Morgan fingerprint density at radius 3 is 2.85 bits per heavy atom. The van der Waals surface area contributed by atoms with Gasteiger partial charge in [-0.2, -0.15) is 0 Å². The summed E-state index contributed by atoms with van der Waals surface area (Å²) in [6.45, 7) is 2.89. The topological polar surface area (TPSA) is 43.8 Å². The zero-order chi connectivity index (χ0) is 13.9. The van der Waals surface area contributed by atoms with E-state index in [0.717, 1.165) is 13.0 Å². The second kappa shape index (κ2) is 5.47. The first-order valence-corrected chi connectivity index (χ1v) is 6.95. The molecule has 2 N–H and O–H groups in total. The van der Waals surface area contributed by atoms with Crippen LogP contribution in [-0.2, 0) is 13.0 Å². The van der Waals surface area contributed by atoms with Gasteiger partial charge in [0, 0.05) is 31.2 Å². The summed E-state index contributed by atoms with van der Waals surface area (Å²) in [6, 6.07) is 12.8. The van der Waals surface area contributed by atoms with E-state index in [0.29, 0.717) is 0 Å². The molecule has 3 rings (SSSR count). The van der Waals surface area contributed by atoms with Crippen molar-refractivity contribution in [2.45, 2.75) is 25.9 Å². The molecule has 0 radical (unpaired) electrons. The molecule has 102 valence electrons. The lowest BCUT2D eigenvalue weighted by Crippen LogP contribution is -2.18. The summed E-state index contributed by atoms with van der Waals surface area (Å²) in [7, 11) is 0. The van der Waals surface area contributed by atoms with Crippen molar-refractivity contribution in [1.29, 1.82) is 0 Å². The van der Waals surface area contributed by atoms with Crippen LogP contribution in [0.1, 0.15) is 18.1 Å². The molecule has 3 nitrogen and oxygen atoms in total. The molecule has 0 saturated carbocycles. The molecule has 3 aromatic rings. The third-order valence-corrected chi connectivity index (χ3v) is 3.49. The zero-order valence-electron chi connectivity index (χ0n) is 11.7. The van der Waals surface area contributed by atoms with Gasteiger partial charge in [-0.1, -0.05) is 24.3 Å². The number of benzene rings is 1. The number of para-hydroxylation sites is 1. The van der Waals surface area contributed by atoms with E-state index in [2.05, 4.69) is 46.1 Å². The Morgan fingerprint density at radius 2 is 2.10 bits per heavy atom. The van der Waals surface area contributed by atoms with Crippen molar-refractivity contribution in [3.63, 3.8) is 0 Å². The Bertz CT molecular complexity index is 699. The number of aromatic nitrogens is 2. The SMILES string of the molecule is CC(N)Cc1cccc2ccn(Cc3cccnc3)c12. The summed E-state index contributed by atoms with van der Waals surface area (Å²) in [4.78, 5) is 4.18. The highest BCUT2D eigenvalue weighted by Crippen LogP contribution is 2.22. The first kappa shape index (κ1) is 12.9. The van der Waals surface area contributed by atoms with Gasteiger partial charge in [0.05, 0.1) is 5.52 Å². The van der Waals surface area contributed by atoms with Gasteiger partial charge in [-0.05, 0) is 42.0 Å². The molecule has 0 amide bonds. The van der Waals surface area contributed by atoms with Crippen LogP contribution in [0.4, 0.5) is 0 Å². The van der Waals surface area contributed by atoms with E-state index in [-0.39, 0.29) is 6.04 Å². The maximum absolute atomic E-state index is 5.97. The molecular formula is C17H19N3. The maximum Gasteiger partial charge on any atom is 0.0516 e. The number of nitrogens with zero attached hydrogens (tertiary/aromatic N) is 2. The second-order valence-corrected chi connectivity index (χ2v) is 5.34. The average molecular weight is 265 g/mol. The van der Waals surface area contributed by atoms with Crippen LogP contribution in [0.25, 0.3) is 10.9 Å². The lowest BCUT2D eigenvalue weighted by molar-refractivity contribution is 0.734. The smallest absolute Gasteiger partial charge is 0.0516 e. The van der Waals surface area contributed by atoms with Crippen LogP contribution >= 0.6 is 0 Å². The Balaban J connectivity index is 2.03. The second-order valence-electron chi connectivity index (χ2n) is 5.34. The molecule has 0 aliphatic rings. The minimum absolute atomic E-state index is 0.169. The first-order valence-electron chi connectivity index (χ1n) is 6.95. The van der Waals surface area contributed by atoms with Crippen molar-refractivity contribution in [2.75, 3.05) is 0 Å². The van der Waals surface area contributed by atoms with E-state index >= 15 is 0 Å². The molecule has 0 aliphatic carbocycles. The number of hydrogen-bond acceptors (Lipinski definition) is 2. The predicted molar refractivity (Wildman–Crippen MR) is 82.6 cm³/mol. The van der Waals surface area contributed by atoms with E-state index in [9.17, 15) is 0 Å². The van der Waals surface area contributed by atoms with E-state index < -0.39 is 0 Å². The predicted octanol–water partition coefficient (Wildman–Crippen LogP) is 2.97. The van der Waals surface area contributed by atoms with Crippen LogP contribution in [0, 0.1) is 0 Å². The fourth-order valence-electron chi connectivity index (χ4n) is 2.67. The van der Waals surface area contributed by atoms with E-state index in [1.165, 1.54) is 22.0 Å². The van der Waals surface area contributed by atoms with Crippen molar-refractivity contribution >= 4 is 10.9 Å². The molecule has 0 spiro atoms. The Labute approximate surface area is 119 Å². The molecular weight excluding hydrogens is 246 g/mol. The minimum atomic E-state index is 0.169. The first-order chi connectivity index (χ1) is 9.74. The molecule has 1 unspecified atom stereocenters. The van der Waals surface area contributed by atoms with Crippen LogP contribution in [0.5, 0.6) is 0 Å². The number of hydrogen-bond donors (Lipinski definition) is 1. The number of rotatable bonds is 4. The minimum Gasteiger partial charge on any atom is -0.343 e. The van der Waals surface area contributed by atoms with E-state index in [4.69, 9.17) is 5.73 Å². The zero-order valence-corrected chi connectivity index (χ0v) is 11.7. The van der Waals surface area contributed by atoms with Gasteiger partial charge in [0.2, 0.25) is 0 Å². The lowest BCUT2D eigenvalue weighted by atomic mass is 10.0. The normalized spacial score (nSPS) is 12.7. The largest absolute Gasteiger partial charge is 0.343 e. The monoisotopic (exact) mass is 265 g/mol. The molecule has 0 fully saturated rings. The average Bonchev–Trinajstić information content (AvgIpc) is 2.84. The molecule has 0 aliphatic heterocycles.